The normalized spacial score (nSPS) is 11.0. The van der Waals surface area contributed by atoms with E-state index >= 15 is 0 Å². The second-order valence-corrected chi connectivity index (χ2v) is 10.4. The van der Waals surface area contributed by atoms with Crippen molar-refractivity contribution in [3.63, 3.8) is 0 Å². The van der Waals surface area contributed by atoms with E-state index in [9.17, 15) is 4.79 Å². The molecule has 5 aromatic rings. The first kappa shape index (κ1) is 25.1. The van der Waals surface area contributed by atoms with E-state index in [1.165, 1.54) is 23.1 Å². The Morgan fingerprint density at radius 2 is 1.86 bits per heavy atom. The fourth-order valence-electron chi connectivity index (χ4n) is 3.76. The number of thiazole rings is 1. The van der Waals surface area contributed by atoms with Crippen molar-refractivity contribution in [3.05, 3.63) is 105 Å². The van der Waals surface area contributed by atoms with Gasteiger partial charge in [0.2, 0.25) is 0 Å². The maximum Gasteiger partial charge on any atom is 0.270 e. The molecule has 1 amide bonds. The Hall–Kier alpha value is -3.53. The Morgan fingerprint density at radius 3 is 2.68 bits per heavy atom. The second-order valence-electron chi connectivity index (χ2n) is 8.15. The molecule has 5 rings (SSSR count). The summed E-state index contributed by atoms with van der Waals surface area (Å²) in [5.41, 5.74) is 4.24. The van der Waals surface area contributed by atoms with E-state index in [0.717, 1.165) is 32.7 Å². The van der Waals surface area contributed by atoms with Crippen LogP contribution in [0.2, 0.25) is 5.02 Å². The monoisotopic (exact) mass is 546 g/mol. The molecule has 0 bridgehead atoms. The number of thioether (sulfide) groups is 1. The summed E-state index contributed by atoms with van der Waals surface area (Å²) in [6, 6.07) is 21.5. The molecule has 186 valence electrons. The number of pyridine rings is 1. The molecule has 3 heterocycles. The maximum absolute atomic E-state index is 12.6. The molecule has 0 radical (unpaired) electrons. The molecule has 1 N–H and O–H groups in total. The Labute approximate surface area is 228 Å². The number of hydrogen-bond donors (Lipinski definition) is 1. The summed E-state index contributed by atoms with van der Waals surface area (Å²) in [4.78, 5) is 21.4. The number of carbonyl (C=O) groups excluding carboxylic acids is 1. The van der Waals surface area contributed by atoms with Gasteiger partial charge in [0.15, 0.2) is 11.0 Å². The Morgan fingerprint density at radius 1 is 1.05 bits per heavy atom. The molecule has 0 saturated carbocycles. The molecule has 0 fully saturated rings. The SMILES string of the molecule is Cc1ccccc1-n1c(SCc2nc(C(=O)NCCc3ccccn3)cs2)nnc1-c1ccccc1Cl. The predicted molar refractivity (Wildman–Crippen MR) is 148 cm³/mol. The van der Waals surface area contributed by atoms with E-state index < -0.39 is 0 Å². The molecule has 0 unspecified atom stereocenters. The van der Waals surface area contributed by atoms with Crippen LogP contribution in [0.25, 0.3) is 17.1 Å². The number of carbonyl (C=O) groups is 1. The van der Waals surface area contributed by atoms with E-state index in [2.05, 4.69) is 38.5 Å². The third-order valence-electron chi connectivity index (χ3n) is 5.61. The second kappa shape index (κ2) is 11.7. The van der Waals surface area contributed by atoms with Gasteiger partial charge in [0.05, 0.1) is 16.5 Å². The van der Waals surface area contributed by atoms with Crippen LogP contribution in [0, 0.1) is 6.92 Å². The molecule has 7 nitrogen and oxygen atoms in total. The minimum atomic E-state index is -0.187. The molecular formula is C27H23ClN6OS2. The Kier molecular flexibility index (Phi) is 7.93. The molecular weight excluding hydrogens is 524 g/mol. The van der Waals surface area contributed by atoms with Gasteiger partial charge in [-0.15, -0.1) is 21.5 Å². The largest absolute Gasteiger partial charge is 0.350 e. The average Bonchev–Trinajstić information content (AvgIpc) is 3.56. The molecule has 2 aromatic carbocycles. The number of aromatic nitrogens is 5. The van der Waals surface area contributed by atoms with Crippen molar-refractivity contribution >= 4 is 40.6 Å². The summed E-state index contributed by atoms with van der Waals surface area (Å²) in [6.45, 7) is 2.56. The lowest BCUT2D eigenvalue weighted by Gasteiger charge is -2.13. The number of rotatable bonds is 9. The van der Waals surface area contributed by atoms with Crippen molar-refractivity contribution < 1.29 is 4.79 Å². The van der Waals surface area contributed by atoms with Crippen molar-refractivity contribution in [2.75, 3.05) is 6.54 Å². The summed E-state index contributed by atoms with van der Waals surface area (Å²) >= 11 is 9.48. The Balaban J connectivity index is 1.31. The van der Waals surface area contributed by atoms with Gasteiger partial charge in [-0.05, 0) is 42.8 Å². The number of halogens is 1. The van der Waals surface area contributed by atoms with Crippen LogP contribution in [0.4, 0.5) is 0 Å². The van der Waals surface area contributed by atoms with E-state index in [1.54, 1.807) is 11.6 Å². The molecule has 0 spiro atoms. The number of para-hydroxylation sites is 1. The molecule has 3 aromatic heterocycles. The van der Waals surface area contributed by atoms with Crippen molar-refractivity contribution in [1.82, 2.24) is 30.0 Å². The van der Waals surface area contributed by atoms with E-state index in [0.29, 0.717) is 35.3 Å². The van der Waals surface area contributed by atoms with E-state index in [1.807, 2.05) is 65.2 Å². The maximum atomic E-state index is 12.6. The third kappa shape index (κ3) is 5.90. The van der Waals surface area contributed by atoms with Crippen LogP contribution >= 0.6 is 34.7 Å². The summed E-state index contributed by atoms with van der Waals surface area (Å²) in [5.74, 6) is 1.04. The minimum absolute atomic E-state index is 0.187. The van der Waals surface area contributed by atoms with Crippen molar-refractivity contribution in [1.29, 1.82) is 0 Å². The van der Waals surface area contributed by atoms with Gasteiger partial charge in [0, 0.05) is 35.8 Å². The lowest BCUT2D eigenvalue weighted by molar-refractivity contribution is 0.0949. The lowest BCUT2D eigenvalue weighted by atomic mass is 10.1. The fraction of sp³-hybridized carbons (Fsp3) is 0.148. The number of nitrogens with zero attached hydrogens (tertiary/aromatic N) is 5. The van der Waals surface area contributed by atoms with Gasteiger partial charge in [-0.2, -0.15) is 0 Å². The quantitative estimate of drug-likeness (QED) is 0.228. The van der Waals surface area contributed by atoms with Gasteiger partial charge in [0.1, 0.15) is 10.7 Å². The fourth-order valence-corrected chi connectivity index (χ4v) is 5.72. The van der Waals surface area contributed by atoms with E-state index in [4.69, 9.17) is 11.6 Å². The van der Waals surface area contributed by atoms with Crippen molar-refractivity contribution in [2.24, 2.45) is 0 Å². The van der Waals surface area contributed by atoms with Crippen LogP contribution < -0.4 is 5.32 Å². The first-order valence-corrected chi connectivity index (χ1v) is 13.9. The van der Waals surface area contributed by atoms with Crippen LogP contribution in [0.3, 0.4) is 0 Å². The van der Waals surface area contributed by atoms with E-state index in [-0.39, 0.29) is 5.91 Å². The van der Waals surface area contributed by atoms with Gasteiger partial charge in [0.25, 0.3) is 5.91 Å². The topological polar surface area (TPSA) is 85.6 Å². The highest BCUT2D eigenvalue weighted by Gasteiger charge is 2.20. The third-order valence-corrected chi connectivity index (χ3v) is 7.91. The molecule has 37 heavy (non-hydrogen) atoms. The minimum Gasteiger partial charge on any atom is -0.350 e. The molecule has 0 atom stereocenters. The number of benzene rings is 2. The lowest BCUT2D eigenvalue weighted by Crippen LogP contribution is -2.26. The molecule has 0 aliphatic carbocycles. The Bertz CT molecular complexity index is 1520. The highest BCUT2D eigenvalue weighted by Crippen LogP contribution is 2.34. The first-order chi connectivity index (χ1) is 18.1. The number of hydrogen-bond acceptors (Lipinski definition) is 7. The zero-order valence-electron chi connectivity index (χ0n) is 20.0. The summed E-state index contributed by atoms with van der Waals surface area (Å²) in [5, 5.41) is 15.8. The highest BCUT2D eigenvalue weighted by atomic mass is 35.5. The number of nitrogens with one attached hydrogen (secondary N) is 1. The van der Waals surface area contributed by atoms with Crippen LogP contribution in [-0.4, -0.2) is 37.2 Å². The van der Waals surface area contributed by atoms with Gasteiger partial charge in [-0.3, -0.25) is 14.3 Å². The molecule has 0 saturated heterocycles. The van der Waals surface area contributed by atoms with Crippen LogP contribution in [-0.2, 0) is 12.2 Å². The molecule has 10 heteroatoms. The van der Waals surface area contributed by atoms with Gasteiger partial charge >= 0.3 is 0 Å². The van der Waals surface area contributed by atoms with Crippen LogP contribution in [0.5, 0.6) is 0 Å². The molecule has 0 aliphatic rings. The average molecular weight is 547 g/mol. The number of aryl methyl sites for hydroxylation is 1. The zero-order valence-corrected chi connectivity index (χ0v) is 22.4. The zero-order chi connectivity index (χ0) is 25.6. The summed E-state index contributed by atoms with van der Waals surface area (Å²) < 4.78 is 2.03. The summed E-state index contributed by atoms with van der Waals surface area (Å²) in [6.07, 6.45) is 2.42. The van der Waals surface area contributed by atoms with Crippen LogP contribution in [0.15, 0.2) is 83.5 Å². The first-order valence-electron chi connectivity index (χ1n) is 11.6. The summed E-state index contributed by atoms with van der Waals surface area (Å²) in [7, 11) is 0. The highest BCUT2D eigenvalue weighted by molar-refractivity contribution is 7.98. The molecule has 0 aliphatic heterocycles. The van der Waals surface area contributed by atoms with Crippen LogP contribution in [0.1, 0.15) is 26.8 Å². The number of amides is 1. The smallest absolute Gasteiger partial charge is 0.270 e. The van der Waals surface area contributed by atoms with Crippen molar-refractivity contribution in [3.8, 4) is 17.1 Å². The van der Waals surface area contributed by atoms with Gasteiger partial charge < -0.3 is 5.32 Å². The van der Waals surface area contributed by atoms with Gasteiger partial charge in [-0.25, -0.2) is 4.98 Å². The van der Waals surface area contributed by atoms with Crippen molar-refractivity contribution in [2.45, 2.75) is 24.3 Å². The van der Waals surface area contributed by atoms with Gasteiger partial charge in [-0.1, -0.05) is 59.8 Å². The standard InChI is InChI=1S/C27H23ClN6OS2/c1-18-8-2-5-12-23(18)34-25(20-10-3-4-11-21(20)28)32-33-27(34)37-17-24-31-22(16-36-24)26(35)30-15-13-19-9-6-7-14-29-19/h2-12,14,16H,13,15,17H2,1H3,(H,30,35). The predicted octanol–water partition coefficient (Wildman–Crippen LogP) is 6.01.